The number of carbonyl (C=O) groups excluding carboxylic acids is 1. The van der Waals surface area contributed by atoms with Crippen molar-refractivity contribution in [1.82, 2.24) is 10.2 Å². The van der Waals surface area contributed by atoms with Crippen molar-refractivity contribution in [3.05, 3.63) is 0 Å². The molecule has 1 unspecified atom stereocenters. The second-order valence-electron chi connectivity index (χ2n) is 3.96. The quantitative estimate of drug-likeness (QED) is 0.528. The number of carboxylic acids is 1. The van der Waals surface area contributed by atoms with E-state index in [0.717, 1.165) is 6.42 Å². The molecule has 3 N–H and O–H groups in total. The number of rotatable bonds is 6. The maximum atomic E-state index is 11.6. The first-order chi connectivity index (χ1) is 8.13. The first-order valence-corrected chi connectivity index (χ1v) is 5.56. The number of urea groups is 1. The minimum absolute atomic E-state index is 0.103. The van der Waals surface area contributed by atoms with Crippen LogP contribution in [0.15, 0.2) is 0 Å². The van der Waals surface area contributed by atoms with Gasteiger partial charge in [0, 0.05) is 32.2 Å². The molecule has 7 nitrogen and oxygen atoms in total. The van der Waals surface area contributed by atoms with Gasteiger partial charge in [-0.1, -0.05) is 0 Å². The van der Waals surface area contributed by atoms with Crippen LogP contribution in [-0.4, -0.2) is 66.6 Å². The van der Waals surface area contributed by atoms with Crippen LogP contribution in [0.4, 0.5) is 4.79 Å². The minimum atomic E-state index is -1.03. The van der Waals surface area contributed by atoms with Gasteiger partial charge < -0.3 is 25.2 Å². The van der Waals surface area contributed by atoms with Gasteiger partial charge in [-0.05, 0) is 6.42 Å². The van der Waals surface area contributed by atoms with Gasteiger partial charge in [0.1, 0.15) is 6.61 Å². The molecule has 0 aliphatic carbocycles. The normalized spacial score (nSPS) is 19.4. The molecule has 1 rings (SSSR count). The largest absolute Gasteiger partial charge is 0.480 e. The number of ether oxygens (including phenoxy) is 1. The van der Waals surface area contributed by atoms with E-state index in [-0.39, 0.29) is 38.3 Å². The van der Waals surface area contributed by atoms with Gasteiger partial charge in [-0.2, -0.15) is 0 Å². The Hall–Kier alpha value is -1.34. The van der Waals surface area contributed by atoms with Gasteiger partial charge in [-0.15, -0.1) is 0 Å². The SMILES string of the molecule is O=C(O)COCCNC(=O)N1CCC(CO)C1. The van der Waals surface area contributed by atoms with Crippen molar-refractivity contribution in [2.24, 2.45) is 5.92 Å². The molecule has 1 saturated heterocycles. The van der Waals surface area contributed by atoms with E-state index in [9.17, 15) is 9.59 Å². The summed E-state index contributed by atoms with van der Waals surface area (Å²) in [5.74, 6) is -0.856. The summed E-state index contributed by atoms with van der Waals surface area (Å²) in [5.41, 5.74) is 0. The average molecular weight is 246 g/mol. The fraction of sp³-hybridized carbons (Fsp3) is 0.800. The van der Waals surface area contributed by atoms with Crippen LogP contribution in [0.1, 0.15) is 6.42 Å². The molecular formula is C10H18N2O5. The Kier molecular flexibility index (Phi) is 5.71. The predicted molar refractivity (Wildman–Crippen MR) is 58.6 cm³/mol. The molecule has 0 aromatic heterocycles. The van der Waals surface area contributed by atoms with Crippen molar-refractivity contribution >= 4 is 12.0 Å². The van der Waals surface area contributed by atoms with Gasteiger partial charge in [0.2, 0.25) is 0 Å². The number of hydrogen-bond donors (Lipinski definition) is 3. The molecule has 98 valence electrons. The summed E-state index contributed by atoms with van der Waals surface area (Å²) in [6.45, 7) is 1.42. The topological polar surface area (TPSA) is 99.1 Å². The Morgan fingerprint density at radius 1 is 1.47 bits per heavy atom. The summed E-state index contributed by atoms with van der Waals surface area (Å²) in [7, 11) is 0. The molecule has 0 aromatic carbocycles. The number of carboxylic acid groups (broad SMARTS) is 1. The summed E-state index contributed by atoms with van der Waals surface area (Å²) in [4.78, 5) is 23.3. The second kappa shape index (κ2) is 7.08. The van der Waals surface area contributed by atoms with Crippen molar-refractivity contribution < 1.29 is 24.5 Å². The van der Waals surface area contributed by atoms with E-state index in [1.807, 2.05) is 0 Å². The van der Waals surface area contributed by atoms with Crippen molar-refractivity contribution in [3.8, 4) is 0 Å². The van der Waals surface area contributed by atoms with E-state index < -0.39 is 5.97 Å². The third kappa shape index (κ3) is 5.01. The van der Waals surface area contributed by atoms with Gasteiger partial charge in [0.25, 0.3) is 0 Å². The second-order valence-corrected chi connectivity index (χ2v) is 3.96. The molecule has 17 heavy (non-hydrogen) atoms. The maximum Gasteiger partial charge on any atom is 0.329 e. The summed E-state index contributed by atoms with van der Waals surface area (Å²) in [5, 5.41) is 19.9. The van der Waals surface area contributed by atoms with Crippen LogP contribution in [-0.2, 0) is 9.53 Å². The lowest BCUT2D eigenvalue weighted by Crippen LogP contribution is -2.40. The molecule has 1 fully saturated rings. The lowest BCUT2D eigenvalue weighted by Gasteiger charge is -2.16. The van der Waals surface area contributed by atoms with Crippen LogP contribution in [0.3, 0.4) is 0 Å². The number of aliphatic hydroxyl groups is 1. The van der Waals surface area contributed by atoms with Gasteiger partial charge in [0.05, 0.1) is 6.61 Å². The molecule has 0 spiro atoms. The molecule has 2 amide bonds. The first kappa shape index (κ1) is 13.7. The molecule has 1 aliphatic heterocycles. The molecule has 1 heterocycles. The number of carbonyl (C=O) groups is 2. The number of amides is 2. The summed E-state index contributed by atoms with van der Waals surface area (Å²) in [6.07, 6.45) is 0.819. The van der Waals surface area contributed by atoms with E-state index in [0.29, 0.717) is 13.1 Å². The third-order valence-electron chi connectivity index (χ3n) is 2.58. The molecule has 0 aromatic rings. The van der Waals surface area contributed by atoms with Crippen molar-refractivity contribution in [3.63, 3.8) is 0 Å². The van der Waals surface area contributed by atoms with Crippen molar-refractivity contribution in [2.75, 3.05) is 39.5 Å². The number of likely N-dealkylation sites (tertiary alicyclic amines) is 1. The van der Waals surface area contributed by atoms with Crippen LogP contribution in [0.5, 0.6) is 0 Å². The van der Waals surface area contributed by atoms with E-state index in [1.54, 1.807) is 4.90 Å². The van der Waals surface area contributed by atoms with Crippen molar-refractivity contribution in [2.45, 2.75) is 6.42 Å². The molecule has 7 heteroatoms. The van der Waals surface area contributed by atoms with Gasteiger partial charge in [0.15, 0.2) is 0 Å². The zero-order valence-corrected chi connectivity index (χ0v) is 9.59. The zero-order chi connectivity index (χ0) is 12.7. The van der Waals surface area contributed by atoms with E-state index >= 15 is 0 Å². The van der Waals surface area contributed by atoms with Crippen LogP contribution in [0.2, 0.25) is 0 Å². The summed E-state index contributed by atoms with van der Waals surface area (Å²) in [6, 6.07) is -0.195. The number of hydrogen-bond acceptors (Lipinski definition) is 4. The van der Waals surface area contributed by atoms with E-state index in [1.165, 1.54) is 0 Å². The molecule has 0 radical (unpaired) electrons. The number of aliphatic carboxylic acids is 1. The number of aliphatic hydroxyl groups excluding tert-OH is 1. The van der Waals surface area contributed by atoms with Crippen LogP contribution in [0.25, 0.3) is 0 Å². The van der Waals surface area contributed by atoms with Gasteiger partial charge >= 0.3 is 12.0 Å². The third-order valence-corrected chi connectivity index (χ3v) is 2.58. The van der Waals surface area contributed by atoms with E-state index in [2.05, 4.69) is 5.32 Å². The standard InChI is InChI=1S/C10H18N2O5/c13-6-8-1-3-12(5-8)10(16)11-2-4-17-7-9(14)15/h8,13H,1-7H2,(H,11,16)(H,14,15). The minimum Gasteiger partial charge on any atom is -0.480 e. The lowest BCUT2D eigenvalue weighted by molar-refractivity contribution is -0.142. The van der Waals surface area contributed by atoms with Gasteiger partial charge in [-0.3, -0.25) is 0 Å². The molecule has 0 bridgehead atoms. The zero-order valence-electron chi connectivity index (χ0n) is 9.59. The Bertz CT molecular complexity index is 271. The Labute approximate surface area is 99.4 Å². The fourth-order valence-corrected chi connectivity index (χ4v) is 1.67. The maximum absolute atomic E-state index is 11.6. The van der Waals surface area contributed by atoms with E-state index in [4.69, 9.17) is 14.9 Å². The van der Waals surface area contributed by atoms with Crippen molar-refractivity contribution in [1.29, 1.82) is 0 Å². The summed E-state index contributed by atoms with van der Waals surface area (Å²) < 4.78 is 4.78. The average Bonchev–Trinajstić information content (AvgIpc) is 2.76. The van der Waals surface area contributed by atoms with Gasteiger partial charge in [-0.25, -0.2) is 9.59 Å². The molecule has 1 atom stereocenters. The number of nitrogens with zero attached hydrogens (tertiary/aromatic N) is 1. The first-order valence-electron chi connectivity index (χ1n) is 5.56. The van der Waals surface area contributed by atoms with Crippen LogP contribution < -0.4 is 5.32 Å². The monoisotopic (exact) mass is 246 g/mol. The molecule has 0 saturated carbocycles. The highest BCUT2D eigenvalue weighted by molar-refractivity contribution is 5.74. The van der Waals surface area contributed by atoms with Crippen LogP contribution in [0, 0.1) is 5.92 Å². The molecule has 1 aliphatic rings. The summed E-state index contributed by atoms with van der Waals surface area (Å²) >= 11 is 0. The smallest absolute Gasteiger partial charge is 0.329 e. The highest BCUT2D eigenvalue weighted by atomic mass is 16.5. The predicted octanol–water partition coefficient (Wildman–Crippen LogP) is -0.889. The van der Waals surface area contributed by atoms with Crippen LogP contribution >= 0.6 is 0 Å². The Morgan fingerprint density at radius 3 is 2.82 bits per heavy atom. The molecular weight excluding hydrogens is 228 g/mol. The fourth-order valence-electron chi connectivity index (χ4n) is 1.67. The number of nitrogens with one attached hydrogen (secondary N) is 1. The Morgan fingerprint density at radius 2 is 2.24 bits per heavy atom. The Balaban J connectivity index is 2.07. The highest BCUT2D eigenvalue weighted by Gasteiger charge is 2.25. The highest BCUT2D eigenvalue weighted by Crippen LogP contribution is 2.14. The lowest BCUT2D eigenvalue weighted by atomic mass is 10.1.